The van der Waals surface area contributed by atoms with Gasteiger partial charge < -0.3 is 9.30 Å². The van der Waals surface area contributed by atoms with Crippen molar-refractivity contribution < 1.29 is 4.74 Å². The standard InChI is InChI=1S/C25H26N4O/c1-3-29-17-20(22-13-21(30-2)9-10-24(22)29)16-28-12-11-23-19(15-28)14-26-25(27-23)18-7-5-4-6-8-18/h4-10,13-14,17H,3,11-12,15-16H2,1-2H3. The average molecular weight is 399 g/mol. The summed E-state index contributed by atoms with van der Waals surface area (Å²) >= 11 is 0. The summed E-state index contributed by atoms with van der Waals surface area (Å²) in [6.07, 6.45) is 5.25. The maximum Gasteiger partial charge on any atom is 0.159 e. The van der Waals surface area contributed by atoms with Gasteiger partial charge >= 0.3 is 0 Å². The molecule has 0 bridgehead atoms. The molecule has 0 fully saturated rings. The van der Waals surface area contributed by atoms with E-state index in [2.05, 4.69) is 51.8 Å². The molecule has 0 N–H and O–H groups in total. The summed E-state index contributed by atoms with van der Waals surface area (Å²) in [5.41, 5.74) is 6.09. The average Bonchev–Trinajstić information content (AvgIpc) is 3.16. The van der Waals surface area contributed by atoms with Gasteiger partial charge in [0.25, 0.3) is 0 Å². The second-order valence-corrected chi connectivity index (χ2v) is 7.82. The van der Waals surface area contributed by atoms with Gasteiger partial charge in [0, 0.05) is 67.0 Å². The van der Waals surface area contributed by atoms with Crippen LogP contribution in [0.4, 0.5) is 0 Å². The molecule has 5 nitrogen and oxygen atoms in total. The van der Waals surface area contributed by atoms with Crippen LogP contribution in [-0.4, -0.2) is 33.1 Å². The summed E-state index contributed by atoms with van der Waals surface area (Å²) in [5, 5.41) is 1.28. The first-order valence-corrected chi connectivity index (χ1v) is 10.5. The maximum atomic E-state index is 5.46. The number of aryl methyl sites for hydroxylation is 1. The summed E-state index contributed by atoms with van der Waals surface area (Å²) < 4.78 is 7.78. The van der Waals surface area contributed by atoms with Crippen molar-refractivity contribution in [3.05, 3.63) is 77.7 Å². The van der Waals surface area contributed by atoms with Crippen LogP contribution in [-0.2, 0) is 26.1 Å². The fourth-order valence-electron chi connectivity index (χ4n) is 4.34. The first kappa shape index (κ1) is 18.8. The number of ether oxygens (including phenoxy) is 1. The van der Waals surface area contributed by atoms with Gasteiger partial charge in [0.05, 0.1) is 12.8 Å². The van der Waals surface area contributed by atoms with Crippen molar-refractivity contribution in [2.75, 3.05) is 13.7 Å². The van der Waals surface area contributed by atoms with Gasteiger partial charge in [-0.25, -0.2) is 9.97 Å². The zero-order valence-corrected chi connectivity index (χ0v) is 17.5. The van der Waals surface area contributed by atoms with Crippen LogP contribution in [0.25, 0.3) is 22.3 Å². The normalized spacial score (nSPS) is 14.1. The Morgan fingerprint density at radius 3 is 2.77 bits per heavy atom. The van der Waals surface area contributed by atoms with Gasteiger partial charge in [0.1, 0.15) is 5.75 Å². The maximum absolute atomic E-state index is 5.46. The van der Waals surface area contributed by atoms with E-state index in [0.29, 0.717) is 0 Å². The number of nitrogens with zero attached hydrogens (tertiary/aromatic N) is 4. The van der Waals surface area contributed by atoms with Gasteiger partial charge in [-0.1, -0.05) is 30.3 Å². The van der Waals surface area contributed by atoms with E-state index in [4.69, 9.17) is 9.72 Å². The third kappa shape index (κ3) is 3.46. The second kappa shape index (κ2) is 7.92. The van der Waals surface area contributed by atoms with E-state index in [1.165, 1.54) is 27.7 Å². The number of rotatable bonds is 5. The zero-order chi connectivity index (χ0) is 20.5. The molecule has 0 unspecified atom stereocenters. The van der Waals surface area contributed by atoms with Crippen molar-refractivity contribution in [1.29, 1.82) is 0 Å². The predicted octanol–water partition coefficient (Wildman–Crippen LogP) is 4.69. The zero-order valence-electron chi connectivity index (χ0n) is 17.5. The monoisotopic (exact) mass is 398 g/mol. The minimum Gasteiger partial charge on any atom is -0.497 e. The molecule has 30 heavy (non-hydrogen) atoms. The number of fused-ring (bicyclic) bond motifs is 2. The lowest BCUT2D eigenvalue weighted by atomic mass is 10.1. The largest absolute Gasteiger partial charge is 0.497 e. The van der Waals surface area contributed by atoms with Crippen molar-refractivity contribution in [1.82, 2.24) is 19.4 Å². The molecular weight excluding hydrogens is 372 g/mol. The Morgan fingerprint density at radius 2 is 1.97 bits per heavy atom. The number of aromatic nitrogens is 3. The van der Waals surface area contributed by atoms with Gasteiger partial charge in [0.2, 0.25) is 0 Å². The lowest BCUT2D eigenvalue weighted by molar-refractivity contribution is 0.243. The quantitative estimate of drug-likeness (QED) is 0.489. The molecule has 2 aromatic heterocycles. The smallest absolute Gasteiger partial charge is 0.159 e. The highest BCUT2D eigenvalue weighted by Crippen LogP contribution is 2.29. The van der Waals surface area contributed by atoms with Crippen molar-refractivity contribution in [2.24, 2.45) is 0 Å². The van der Waals surface area contributed by atoms with Gasteiger partial charge in [0.15, 0.2) is 5.82 Å². The van der Waals surface area contributed by atoms with E-state index in [0.717, 1.165) is 49.7 Å². The molecule has 0 spiro atoms. The molecule has 0 saturated heterocycles. The van der Waals surface area contributed by atoms with Crippen LogP contribution < -0.4 is 4.74 Å². The van der Waals surface area contributed by atoms with Gasteiger partial charge in [-0.15, -0.1) is 0 Å². The minimum absolute atomic E-state index is 0.820. The Kier molecular flexibility index (Phi) is 4.97. The van der Waals surface area contributed by atoms with Gasteiger partial charge in [-0.3, -0.25) is 4.90 Å². The fraction of sp³-hybridized carbons (Fsp3) is 0.280. The molecule has 1 aliphatic heterocycles. The van der Waals surface area contributed by atoms with E-state index in [-0.39, 0.29) is 0 Å². The second-order valence-electron chi connectivity index (χ2n) is 7.82. The summed E-state index contributed by atoms with van der Waals surface area (Å²) in [7, 11) is 1.73. The van der Waals surface area contributed by atoms with E-state index < -0.39 is 0 Å². The van der Waals surface area contributed by atoms with Crippen molar-refractivity contribution >= 4 is 10.9 Å². The van der Waals surface area contributed by atoms with Crippen LogP contribution >= 0.6 is 0 Å². The summed E-state index contributed by atoms with van der Waals surface area (Å²) in [4.78, 5) is 12.0. The molecule has 0 amide bonds. The van der Waals surface area contributed by atoms with E-state index in [1.807, 2.05) is 30.5 Å². The van der Waals surface area contributed by atoms with E-state index in [1.54, 1.807) is 7.11 Å². The SMILES string of the molecule is CCn1cc(CN2CCc3nc(-c4ccccc4)ncc3C2)c2cc(OC)ccc21. The first-order chi connectivity index (χ1) is 14.7. The lowest BCUT2D eigenvalue weighted by Crippen LogP contribution is -2.30. The van der Waals surface area contributed by atoms with Crippen molar-refractivity contribution in [2.45, 2.75) is 33.0 Å². The van der Waals surface area contributed by atoms with Crippen molar-refractivity contribution in [3.63, 3.8) is 0 Å². The topological polar surface area (TPSA) is 43.2 Å². The van der Waals surface area contributed by atoms with Crippen LogP contribution in [0.5, 0.6) is 5.75 Å². The third-order valence-corrected chi connectivity index (χ3v) is 5.95. The van der Waals surface area contributed by atoms with E-state index >= 15 is 0 Å². The van der Waals surface area contributed by atoms with Crippen molar-refractivity contribution in [3.8, 4) is 17.1 Å². The molecule has 5 rings (SSSR count). The van der Waals surface area contributed by atoms with Gasteiger partial charge in [-0.05, 0) is 30.7 Å². The van der Waals surface area contributed by atoms with Crippen LogP contribution in [0.3, 0.4) is 0 Å². The lowest BCUT2D eigenvalue weighted by Gasteiger charge is -2.28. The molecule has 0 atom stereocenters. The Morgan fingerprint density at radius 1 is 1.10 bits per heavy atom. The Hall–Kier alpha value is -3.18. The van der Waals surface area contributed by atoms with Gasteiger partial charge in [-0.2, -0.15) is 0 Å². The molecule has 0 aliphatic carbocycles. The van der Waals surface area contributed by atoms with Crippen LogP contribution in [0, 0.1) is 0 Å². The highest BCUT2D eigenvalue weighted by Gasteiger charge is 2.20. The third-order valence-electron chi connectivity index (χ3n) is 5.95. The number of benzene rings is 2. The Bertz CT molecular complexity index is 1180. The number of hydrogen-bond donors (Lipinski definition) is 0. The molecule has 2 aromatic carbocycles. The molecular formula is C25H26N4O. The minimum atomic E-state index is 0.820. The number of hydrogen-bond acceptors (Lipinski definition) is 4. The summed E-state index contributed by atoms with van der Waals surface area (Å²) in [6, 6.07) is 16.6. The van der Waals surface area contributed by atoms with E-state index in [9.17, 15) is 0 Å². The molecule has 1 aliphatic rings. The van der Waals surface area contributed by atoms with Crippen LogP contribution in [0.15, 0.2) is 60.9 Å². The summed E-state index contributed by atoms with van der Waals surface area (Å²) in [6.45, 7) is 5.94. The Balaban J connectivity index is 1.39. The molecule has 4 aromatic rings. The predicted molar refractivity (Wildman–Crippen MR) is 119 cm³/mol. The molecule has 3 heterocycles. The first-order valence-electron chi connectivity index (χ1n) is 10.5. The molecule has 0 saturated carbocycles. The molecule has 0 radical (unpaired) electrons. The summed E-state index contributed by atoms with van der Waals surface area (Å²) in [5.74, 6) is 1.73. The molecule has 5 heteroatoms. The Labute approximate surface area is 177 Å². The molecule has 152 valence electrons. The highest BCUT2D eigenvalue weighted by molar-refractivity contribution is 5.85. The highest BCUT2D eigenvalue weighted by atomic mass is 16.5. The fourth-order valence-corrected chi connectivity index (χ4v) is 4.34. The van der Waals surface area contributed by atoms with Crippen LogP contribution in [0.2, 0.25) is 0 Å². The van der Waals surface area contributed by atoms with Crippen LogP contribution in [0.1, 0.15) is 23.7 Å². The number of methoxy groups -OCH3 is 1.